The Morgan fingerprint density at radius 2 is 1.84 bits per heavy atom. The molecule has 0 atom stereocenters. The number of sulfonamides is 1. The van der Waals surface area contributed by atoms with Crippen LogP contribution in [0.1, 0.15) is 10.4 Å². The Bertz CT molecular complexity index is 693. The third-order valence-corrected chi connectivity index (χ3v) is 5.60. The van der Waals surface area contributed by atoms with Gasteiger partial charge >= 0.3 is 5.97 Å². The number of carbonyl (C=O) groups is 1. The Labute approximate surface area is 110 Å². The normalized spacial score (nSPS) is 12.1. The third kappa shape index (κ3) is 4.19. The summed E-state index contributed by atoms with van der Waals surface area (Å²) in [5.74, 6) is -1.25. The molecule has 0 fully saturated rings. The van der Waals surface area contributed by atoms with E-state index in [1.807, 2.05) is 0 Å². The molecule has 0 amide bonds. The van der Waals surface area contributed by atoms with E-state index in [-0.39, 0.29) is 11.3 Å². The van der Waals surface area contributed by atoms with E-state index in [1.165, 1.54) is 18.2 Å². The predicted molar refractivity (Wildman–Crippen MR) is 67.1 cm³/mol. The average molecular weight is 309 g/mol. The molecule has 0 aliphatic carbocycles. The molecule has 0 heterocycles. The Morgan fingerprint density at radius 3 is 2.32 bits per heavy atom. The van der Waals surface area contributed by atoms with Gasteiger partial charge < -0.3 is 5.11 Å². The van der Waals surface area contributed by atoms with E-state index >= 15 is 0 Å². The van der Waals surface area contributed by atoms with Crippen LogP contribution >= 0.6 is 0 Å². The van der Waals surface area contributed by atoms with Gasteiger partial charge in [-0.15, -0.1) is 0 Å². The number of anilines is 1. The van der Waals surface area contributed by atoms with Crippen molar-refractivity contribution < 1.29 is 31.3 Å². The van der Waals surface area contributed by atoms with Gasteiger partial charge in [-0.2, -0.15) is 8.42 Å². The van der Waals surface area contributed by atoms with Gasteiger partial charge in [0.25, 0.3) is 20.1 Å². The SMILES string of the molecule is CN(c1cccc(C(=O)O)c1)S(=O)(=O)CS(=O)(=O)O. The van der Waals surface area contributed by atoms with E-state index in [1.54, 1.807) is 0 Å². The molecule has 8 nitrogen and oxygen atoms in total. The Hall–Kier alpha value is -1.65. The first-order valence-corrected chi connectivity index (χ1v) is 8.00. The van der Waals surface area contributed by atoms with Gasteiger partial charge in [-0.05, 0) is 18.2 Å². The van der Waals surface area contributed by atoms with Crippen LogP contribution in [0.3, 0.4) is 0 Å². The van der Waals surface area contributed by atoms with Gasteiger partial charge in [0.15, 0.2) is 5.08 Å². The summed E-state index contributed by atoms with van der Waals surface area (Å²) in [4.78, 5) is 10.8. The zero-order valence-corrected chi connectivity index (χ0v) is 11.3. The minimum Gasteiger partial charge on any atom is -0.478 e. The van der Waals surface area contributed by atoms with Crippen molar-refractivity contribution in [3.8, 4) is 0 Å². The van der Waals surface area contributed by atoms with E-state index < -0.39 is 31.2 Å². The molecule has 19 heavy (non-hydrogen) atoms. The fourth-order valence-corrected chi connectivity index (χ4v) is 3.84. The van der Waals surface area contributed by atoms with Gasteiger partial charge in [0, 0.05) is 7.05 Å². The van der Waals surface area contributed by atoms with Crippen LogP contribution in [0.25, 0.3) is 0 Å². The lowest BCUT2D eigenvalue weighted by molar-refractivity contribution is 0.0697. The summed E-state index contributed by atoms with van der Waals surface area (Å²) in [6.45, 7) is 0. The zero-order valence-electron chi connectivity index (χ0n) is 9.72. The van der Waals surface area contributed by atoms with Gasteiger partial charge in [-0.25, -0.2) is 13.2 Å². The second-order valence-corrected chi connectivity index (χ2v) is 7.45. The summed E-state index contributed by atoms with van der Waals surface area (Å²) in [5.41, 5.74) is -0.171. The number of hydrogen-bond donors (Lipinski definition) is 2. The number of benzene rings is 1. The Morgan fingerprint density at radius 1 is 1.26 bits per heavy atom. The largest absolute Gasteiger partial charge is 0.478 e. The predicted octanol–water partition coefficient (Wildman–Crippen LogP) is -0.00390. The summed E-state index contributed by atoms with van der Waals surface area (Å²) in [6, 6.07) is 4.95. The van der Waals surface area contributed by atoms with E-state index in [9.17, 15) is 21.6 Å². The van der Waals surface area contributed by atoms with Crippen LogP contribution in [0.4, 0.5) is 5.69 Å². The molecule has 106 valence electrons. The fourth-order valence-electron chi connectivity index (χ4n) is 1.26. The van der Waals surface area contributed by atoms with Gasteiger partial charge in [-0.3, -0.25) is 8.86 Å². The first kappa shape index (κ1) is 15.4. The molecule has 0 saturated carbocycles. The second kappa shape index (κ2) is 5.15. The summed E-state index contributed by atoms with van der Waals surface area (Å²) in [6.07, 6.45) is 0. The van der Waals surface area contributed by atoms with Crippen LogP contribution in [-0.2, 0) is 20.1 Å². The van der Waals surface area contributed by atoms with E-state index in [4.69, 9.17) is 9.66 Å². The highest BCUT2D eigenvalue weighted by molar-refractivity contribution is 8.06. The number of nitrogens with zero attached hydrogens (tertiary/aromatic N) is 1. The number of hydrogen-bond acceptors (Lipinski definition) is 5. The number of rotatable bonds is 5. The van der Waals surface area contributed by atoms with Gasteiger partial charge in [-0.1, -0.05) is 6.07 Å². The fraction of sp³-hybridized carbons (Fsp3) is 0.222. The zero-order chi connectivity index (χ0) is 14.8. The topological polar surface area (TPSA) is 129 Å². The highest BCUT2D eigenvalue weighted by Gasteiger charge is 2.25. The Kier molecular flexibility index (Phi) is 4.18. The molecular weight excluding hydrogens is 298 g/mol. The third-order valence-electron chi connectivity index (χ3n) is 2.17. The molecule has 0 unspecified atom stereocenters. The van der Waals surface area contributed by atoms with E-state index in [2.05, 4.69) is 0 Å². The van der Waals surface area contributed by atoms with Gasteiger partial charge in [0.1, 0.15) is 0 Å². The van der Waals surface area contributed by atoms with Crippen molar-refractivity contribution in [3.63, 3.8) is 0 Å². The summed E-state index contributed by atoms with van der Waals surface area (Å²) in [5, 5.41) is 7.30. The molecule has 0 spiro atoms. The maximum absolute atomic E-state index is 11.7. The van der Waals surface area contributed by atoms with Crippen molar-refractivity contribution in [2.24, 2.45) is 0 Å². The smallest absolute Gasteiger partial charge is 0.335 e. The molecule has 0 saturated heterocycles. The quantitative estimate of drug-likeness (QED) is 0.732. The minimum absolute atomic E-state index is 0.0245. The van der Waals surface area contributed by atoms with Crippen molar-refractivity contribution in [2.45, 2.75) is 0 Å². The van der Waals surface area contributed by atoms with Crippen molar-refractivity contribution in [3.05, 3.63) is 29.8 Å². The first-order chi connectivity index (χ1) is 8.53. The lowest BCUT2D eigenvalue weighted by atomic mass is 10.2. The monoisotopic (exact) mass is 309 g/mol. The van der Waals surface area contributed by atoms with Crippen LogP contribution in [0, 0.1) is 0 Å². The highest BCUT2D eigenvalue weighted by Crippen LogP contribution is 2.18. The van der Waals surface area contributed by atoms with E-state index in [0.29, 0.717) is 4.31 Å². The molecule has 0 bridgehead atoms. The minimum atomic E-state index is -4.71. The number of aromatic carboxylic acids is 1. The van der Waals surface area contributed by atoms with Gasteiger partial charge in [0.05, 0.1) is 11.3 Å². The maximum Gasteiger partial charge on any atom is 0.335 e. The van der Waals surface area contributed by atoms with Crippen LogP contribution in [0.15, 0.2) is 24.3 Å². The molecule has 1 aromatic carbocycles. The van der Waals surface area contributed by atoms with Crippen molar-refractivity contribution in [2.75, 3.05) is 16.4 Å². The summed E-state index contributed by atoms with van der Waals surface area (Å²) < 4.78 is 53.7. The van der Waals surface area contributed by atoms with Crippen LogP contribution in [0.2, 0.25) is 0 Å². The molecule has 0 aliphatic heterocycles. The molecule has 0 aromatic heterocycles. The Balaban J connectivity index is 3.17. The summed E-state index contributed by atoms with van der Waals surface area (Å²) >= 11 is 0. The standard InChI is InChI=1S/C9H11NO7S2/c1-10(18(13,14)6-19(15,16)17)8-4-2-3-7(5-8)9(11)12/h2-5H,6H2,1H3,(H,11,12)(H,15,16,17). The average Bonchev–Trinajstić information content (AvgIpc) is 2.25. The molecule has 0 radical (unpaired) electrons. The molecule has 1 aromatic rings. The molecule has 10 heteroatoms. The molecule has 1 rings (SSSR count). The maximum atomic E-state index is 11.7. The summed E-state index contributed by atoms with van der Waals surface area (Å²) in [7, 11) is -7.96. The van der Waals surface area contributed by atoms with Crippen LogP contribution in [-0.4, -0.2) is 44.6 Å². The van der Waals surface area contributed by atoms with E-state index in [0.717, 1.165) is 13.1 Å². The van der Waals surface area contributed by atoms with Crippen LogP contribution < -0.4 is 4.31 Å². The molecule has 0 aliphatic rings. The highest BCUT2D eigenvalue weighted by atomic mass is 32.3. The van der Waals surface area contributed by atoms with Crippen molar-refractivity contribution >= 4 is 31.8 Å². The van der Waals surface area contributed by atoms with Crippen molar-refractivity contribution in [1.82, 2.24) is 0 Å². The molecule has 2 N–H and O–H groups in total. The molecular formula is C9H11NO7S2. The lowest BCUT2D eigenvalue weighted by Gasteiger charge is -2.18. The van der Waals surface area contributed by atoms with Gasteiger partial charge in [0.2, 0.25) is 0 Å². The number of carboxylic acid groups (broad SMARTS) is 1. The van der Waals surface area contributed by atoms with Crippen LogP contribution in [0.5, 0.6) is 0 Å². The second-order valence-electron chi connectivity index (χ2n) is 3.63. The lowest BCUT2D eigenvalue weighted by Crippen LogP contribution is -2.32. The number of carboxylic acids is 1. The van der Waals surface area contributed by atoms with Crippen molar-refractivity contribution in [1.29, 1.82) is 0 Å². The first-order valence-electron chi connectivity index (χ1n) is 4.78.